The zero-order chi connectivity index (χ0) is 25.2. The van der Waals surface area contributed by atoms with Crippen LogP contribution in [0.15, 0.2) is 65.6 Å². The number of aryl methyl sites for hydroxylation is 2. The Bertz CT molecular complexity index is 1350. The number of anilines is 1. The maximum absolute atomic E-state index is 13.5. The van der Waals surface area contributed by atoms with Gasteiger partial charge in [-0.2, -0.15) is 0 Å². The fraction of sp³-hybridized carbons (Fsp3) is 0.240. The Morgan fingerprint density at radius 3 is 2.54 bits per heavy atom. The quantitative estimate of drug-likeness (QED) is 0.441. The van der Waals surface area contributed by atoms with Crippen molar-refractivity contribution < 1.29 is 22.7 Å². The zero-order valence-electron chi connectivity index (χ0n) is 19.1. The first-order valence-corrected chi connectivity index (χ1v) is 13.1. The van der Waals surface area contributed by atoms with Gasteiger partial charge in [0.25, 0.3) is 15.9 Å². The Morgan fingerprint density at radius 2 is 1.83 bits per heavy atom. The number of rotatable bonds is 7. The number of halogens is 2. The first-order chi connectivity index (χ1) is 16.6. The van der Waals surface area contributed by atoms with Crippen molar-refractivity contribution in [2.45, 2.75) is 24.8 Å². The number of nitrogens with one attached hydrogen (secondary N) is 1. The molecule has 3 aromatic carbocycles. The van der Waals surface area contributed by atoms with Crippen molar-refractivity contribution in [3.8, 4) is 11.5 Å². The highest BCUT2D eigenvalue weighted by atomic mass is 35.5. The van der Waals surface area contributed by atoms with Gasteiger partial charge in [0.1, 0.15) is 18.1 Å². The third-order valence-corrected chi connectivity index (χ3v) is 7.94. The summed E-state index contributed by atoms with van der Waals surface area (Å²) in [5.41, 5.74) is 2.15. The van der Waals surface area contributed by atoms with Crippen molar-refractivity contribution in [3.05, 3.63) is 81.8 Å². The van der Waals surface area contributed by atoms with Gasteiger partial charge in [-0.1, -0.05) is 47.0 Å². The summed E-state index contributed by atoms with van der Waals surface area (Å²) in [5, 5.41) is 3.69. The Hall–Kier alpha value is -2.94. The molecular weight excluding hydrogens is 511 g/mol. The van der Waals surface area contributed by atoms with Crippen LogP contribution in [0.5, 0.6) is 11.5 Å². The molecule has 10 heteroatoms. The summed E-state index contributed by atoms with van der Waals surface area (Å²) in [5.74, 6) is 0.382. The average molecular weight is 535 g/mol. The molecule has 1 heterocycles. The van der Waals surface area contributed by atoms with Gasteiger partial charge in [0.05, 0.1) is 23.7 Å². The molecule has 0 saturated heterocycles. The number of amides is 1. The third kappa shape index (κ3) is 5.66. The van der Waals surface area contributed by atoms with Crippen LogP contribution in [0.25, 0.3) is 0 Å². The first kappa shape index (κ1) is 25.2. The molecule has 0 radical (unpaired) electrons. The summed E-state index contributed by atoms with van der Waals surface area (Å²) in [6, 6.07) is 16.5. The minimum atomic E-state index is -3.97. The molecule has 0 bridgehead atoms. The Labute approximate surface area is 214 Å². The van der Waals surface area contributed by atoms with E-state index in [1.54, 1.807) is 36.4 Å². The summed E-state index contributed by atoms with van der Waals surface area (Å²) in [6.07, 6.45) is -1.06. The Kier molecular flexibility index (Phi) is 7.44. The van der Waals surface area contributed by atoms with Crippen LogP contribution in [0.4, 0.5) is 5.69 Å². The lowest BCUT2D eigenvalue weighted by Gasteiger charge is -2.34. The van der Waals surface area contributed by atoms with Crippen LogP contribution in [0.3, 0.4) is 0 Å². The lowest BCUT2D eigenvalue weighted by atomic mass is 10.2. The highest BCUT2D eigenvalue weighted by Gasteiger charge is 2.37. The van der Waals surface area contributed by atoms with E-state index in [9.17, 15) is 13.2 Å². The van der Waals surface area contributed by atoms with Crippen molar-refractivity contribution in [2.24, 2.45) is 0 Å². The number of nitrogens with zero attached hydrogens (tertiary/aromatic N) is 1. The highest BCUT2D eigenvalue weighted by molar-refractivity contribution is 7.92. The van der Waals surface area contributed by atoms with Crippen molar-refractivity contribution in [3.63, 3.8) is 0 Å². The molecular formula is C25H24Cl2N2O5S. The molecule has 4 rings (SSSR count). The maximum Gasteiger partial charge on any atom is 0.264 e. The molecule has 7 nitrogen and oxygen atoms in total. The fourth-order valence-electron chi connectivity index (χ4n) is 3.55. The van der Waals surface area contributed by atoms with E-state index >= 15 is 0 Å². The number of fused-ring (bicyclic) bond motifs is 1. The van der Waals surface area contributed by atoms with Gasteiger partial charge in [0.2, 0.25) is 0 Å². The molecule has 184 valence electrons. The number of ether oxygens (including phenoxy) is 2. The molecule has 3 aromatic rings. The highest BCUT2D eigenvalue weighted by Crippen LogP contribution is 2.38. The van der Waals surface area contributed by atoms with Gasteiger partial charge < -0.3 is 14.8 Å². The van der Waals surface area contributed by atoms with Gasteiger partial charge in [-0.3, -0.25) is 9.10 Å². The largest absolute Gasteiger partial charge is 0.492 e. The first-order valence-electron chi connectivity index (χ1n) is 10.9. The second-order valence-electron chi connectivity index (χ2n) is 8.12. The molecule has 1 aliphatic rings. The minimum Gasteiger partial charge on any atom is -0.492 e. The molecule has 1 aliphatic heterocycles. The number of carbonyl (C=O) groups excluding carboxylic acids is 1. The lowest BCUT2D eigenvalue weighted by molar-refractivity contribution is -0.127. The van der Waals surface area contributed by atoms with Gasteiger partial charge in [0.15, 0.2) is 6.10 Å². The summed E-state index contributed by atoms with van der Waals surface area (Å²) < 4.78 is 39.6. The van der Waals surface area contributed by atoms with E-state index in [-0.39, 0.29) is 36.0 Å². The summed E-state index contributed by atoms with van der Waals surface area (Å²) in [6.45, 7) is 3.96. The molecule has 0 saturated carbocycles. The van der Waals surface area contributed by atoms with E-state index in [0.717, 1.165) is 15.4 Å². The van der Waals surface area contributed by atoms with Crippen molar-refractivity contribution in [2.75, 3.05) is 24.0 Å². The molecule has 0 fully saturated rings. The van der Waals surface area contributed by atoms with Crippen molar-refractivity contribution in [1.82, 2.24) is 5.32 Å². The minimum absolute atomic E-state index is 0.111. The van der Waals surface area contributed by atoms with E-state index < -0.39 is 22.0 Å². The normalized spacial score (nSPS) is 15.2. The summed E-state index contributed by atoms with van der Waals surface area (Å²) in [7, 11) is -3.97. The van der Waals surface area contributed by atoms with E-state index in [1.807, 2.05) is 19.9 Å². The summed E-state index contributed by atoms with van der Waals surface area (Å²) >= 11 is 12.2. The van der Waals surface area contributed by atoms with Crippen LogP contribution in [0.1, 0.15) is 11.1 Å². The molecule has 1 amide bonds. The Morgan fingerprint density at radius 1 is 1.09 bits per heavy atom. The third-order valence-electron chi connectivity index (χ3n) is 5.51. The van der Waals surface area contributed by atoms with Crippen LogP contribution in [0.2, 0.25) is 10.0 Å². The molecule has 0 aromatic heterocycles. The Balaban J connectivity index is 1.48. The van der Waals surface area contributed by atoms with E-state index in [1.165, 1.54) is 18.2 Å². The monoisotopic (exact) mass is 534 g/mol. The van der Waals surface area contributed by atoms with Gasteiger partial charge in [-0.05, 0) is 61.9 Å². The van der Waals surface area contributed by atoms with E-state index in [2.05, 4.69) is 5.32 Å². The predicted octanol–water partition coefficient (Wildman–Crippen LogP) is 4.76. The van der Waals surface area contributed by atoms with Gasteiger partial charge in [-0.15, -0.1) is 0 Å². The van der Waals surface area contributed by atoms with Crippen LogP contribution in [0, 0.1) is 13.8 Å². The van der Waals surface area contributed by atoms with E-state index in [4.69, 9.17) is 32.7 Å². The fourth-order valence-corrected chi connectivity index (χ4v) is 5.35. The zero-order valence-corrected chi connectivity index (χ0v) is 21.5. The smallest absolute Gasteiger partial charge is 0.264 e. The molecule has 1 atom stereocenters. The molecule has 35 heavy (non-hydrogen) atoms. The number of hydrogen-bond donors (Lipinski definition) is 1. The standard InChI is InChI=1S/C25H24Cl2N2O5S/c1-16-3-8-20(9-4-16)35(31,32)29-15-24(34-23-10-6-18(26)13-22(23)29)25(30)28-11-12-33-19-7-5-17(2)21(27)14-19/h3-10,13-14,24H,11-12,15H2,1-2H3,(H,28,30)/t24-/m0/s1. The molecule has 0 spiro atoms. The maximum atomic E-state index is 13.5. The van der Waals surface area contributed by atoms with Crippen LogP contribution >= 0.6 is 23.2 Å². The van der Waals surface area contributed by atoms with E-state index in [0.29, 0.717) is 15.8 Å². The number of sulfonamides is 1. The predicted molar refractivity (Wildman–Crippen MR) is 136 cm³/mol. The van der Waals surface area contributed by atoms with Crippen LogP contribution < -0.4 is 19.1 Å². The molecule has 1 N–H and O–H groups in total. The second kappa shape index (κ2) is 10.4. The van der Waals surface area contributed by atoms with Crippen LogP contribution in [-0.2, 0) is 14.8 Å². The van der Waals surface area contributed by atoms with Crippen LogP contribution in [-0.4, -0.2) is 40.1 Å². The van der Waals surface area contributed by atoms with Crippen molar-refractivity contribution >= 4 is 44.8 Å². The number of carbonyl (C=O) groups is 1. The molecule has 0 unspecified atom stereocenters. The number of benzene rings is 3. The lowest BCUT2D eigenvalue weighted by Crippen LogP contribution is -2.51. The van der Waals surface area contributed by atoms with Gasteiger partial charge in [-0.25, -0.2) is 8.42 Å². The SMILES string of the molecule is Cc1ccc(S(=O)(=O)N2C[C@@H](C(=O)NCCOc3ccc(C)c(Cl)c3)Oc3ccc(Cl)cc32)cc1. The molecule has 0 aliphatic carbocycles. The van der Waals surface area contributed by atoms with Crippen molar-refractivity contribution in [1.29, 1.82) is 0 Å². The van der Waals surface area contributed by atoms with Gasteiger partial charge >= 0.3 is 0 Å². The average Bonchev–Trinajstić information content (AvgIpc) is 2.83. The summed E-state index contributed by atoms with van der Waals surface area (Å²) in [4.78, 5) is 13.0. The number of hydrogen-bond acceptors (Lipinski definition) is 5. The second-order valence-corrected chi connectivity index (χ2v) is 10.8. The topological polar surface area (TPSA) is 84.9 Å². The van der Waals surface area contributed by atoms with Gasteiger partial charge in [0, 0.05) is 10.0 Å².